The molecule has 0 unspecified atom stereocenters. The third kappa shape index (κ3) is 7.88. The van der Waals surface area contributed by atoms with Crippen molar-refractivity contribution in [3.8, 4) is 5.75 Å². The van der Waals surface area contributed by atoms with Crippen molar-refractivity contribution >= 4 is 5.97 Å². The molecule has 1 saturated carbocycles. The maximum Gasteiger partial charge on any atom is 0.314 e. The van der Waals surface area contributed by atoms with Gasteiger partial charge in [-0.3, -0.25) is 9.78 Å². The number of rotatable bonds is 11. The van der Waals surface area contributed by atoms with Gasteiger partial charge in [0.25, 0.3) is 0 Å². The van der Waals surface area contributed by atoms with Crippen LogP contribution in [0.4, 0.5) is 0 Å². The van der Waals surface area contributed by atoms with E-state index in [1.54, 1.807) is 6.20 Å². The van der Waals surface area contributed by atoms with Crippen LogP contribution in [0.15, 0.2) is 18.3 Å². The molecule has 146 valence electrons. The summed E-state index contributed by atoms with van der Waals surface area (Å²) in [5, 5.41) is 0. The SMILES string of the molecule is CCCCCCCCCC[C@H]1CC[C@H](C(=O)Oc2ccc(C)nc2)CC1. The van der Waals surface area contributed by atoms with Crippen molar-refractivity contribution in [2.75, 3.05) is 0 Å². The molecule has 0 aromatic carbocycles. The van der Waals surface area contributed by atoms with Crippen molar-refractivity contribution < 1.29 is 9.53 Å². The first-order valence-corrected chi connectivity index (χ1v) is 10.8. The topological polar surface area (TPSA) is 39.2 Å². The summed E-state index contributed by atoms with van der Waals surface area (Å²) in [4.78, 5) is 16.5. The summed E-state index contributed by atoms with van der Waals surface area (Å²) in [6, 6.07) is 3.71. The van der Waals surface area contributed by atoms with Gasteiger partial charge in [0.05, 0.1) is 12.1 Å². The predicted molar refractivity (Wildman–Crippen MR) is 107 cm³/mol. The number of carbonyl (C=O) groups is 1. The number of carbonyl (C=O) groups excluding carboxylic acids is 1. The Balaban J connectivity index is 1.54. The van der Waals surface area contributed by atoms with Crippen LogP contribution in [0.5, 0.6) is 5.75 Å². The largest absolute Gasteiger partial charge is 0.425 e. The molecule has 1 aromatic rings. The molecule has 0 saturated heterocycles. The maximum absolute atomic E-state index is 12.3. The summed E-state index contributed by atoms with van der Waals surface area (Å²) in [7, 11) is 0. The molecule has 1 aliphatic carbocycles. The van der Waals surface area contributed by atoms with Crippen LogP contribution in [0.25, 0.3) is 0 Å². The van der Waals surface area contributed by atoms with Crippen LogP contribution in [-0.4, -0.2) is 11.0 Å². The van der Waals surface area contributed by atoms with Crippen LogP contribution in [0.2, 0.25) is 0 Å². The Morgan fingerprint density at radius 3 is 2.27 bits per heavy atom. The van der Waals surface area contributed by atoms with Crippen molar-refractivity contribution in [1.82, 2.24) is 4.98 Å². The molecule has 1 heterocycles. The molecular weight excluding hydrogens is 322 g/mol. The standard InChI is InChI=1S/C23H37NO2/c1-3-4-5-6-7-8-9-10-11-20-13-15-21(16-14-20)23(25)26-22-17-12-19(2)24-18-22/h12,17-18,20-21H,3-11,13-16H2,1-2H3/t20-,21-. The van der Waals surface area contributed by atoms with Gasteiger partial charge < -0.3 is 4.74 Å². The van der Waals surface area contributed by atoms with Gasteiger partial charge in [0, 0.05) is 5.69 Å². The molecule has 0 N–H and O–H groups in total. The minimum atomic E-state index is -0.0683. The maximum atomic E-state index is 12.3. The normalized spacial score (nSPS) is 20.1. The first-order chi connectivity index (χ1) is 12.7. The van der Waals surface area contributed by atoms with Gasteiger partial charge in [-0.25, -0.2) is 0 Å². The van der Waals surface area contributed by atoms with E-state index in [-0.39, 0.29) is 11.9 Å². The lowest BCUT2D eigenvalue weighted by Crippen LogP contribution is -2.25. The Bertz CT molecular complexity index is 503. The Morgan fingerprint density at radius 1 is 1.00 bits per heavy atom. The molecule has 0 atom stereocenters. The monoisotopic (exact) mass is 359 g/mol. The molecule has 0 spiro atoms. The highest BCUT2D eigenvalue weighted by Crippen LogP contribution is 2.33. The minimum Gasteiger partial charge on any atom is -0.425 e. The van der Waals surface area contributed by atoms with E-state index in [9.17, 15) is 4.79 Å². The minimum absolute atomic E-state index is 0.0683. The van der Waals surface area contributed by atoms with Crippen molar-refractivity contribution in [2.24, 2.45) is 11.8 Å². The molecule has 1 aromatic heterocycles. The molecule has 0 radical (unpaired) electrons. The van der Waals surface area contributed by atoms with Gasteiger partial charge >= 0.3 is 5.97 Å². The fourth-order valence-electron chi connectivity index (χ4n) is 3.97. The number of esters is 1. The number of hydrogen-bond donors (Lipinski definition) is 0. The fraction of sp³-hybridized carbons (Fsp3) is 0.739. The van der Waals surface area contributed by atoms with Crippen LogP contribution >= 0.6 is 0 Å². The molecule has 3 nitrogen and oxygen atoms in total. The smallest absolute Gasteiger partial charge is 0.314 e. The zero-order chi connectivity index (χ0) is 18.6. The summed E-state index contributed by atoms with van der Waals surface area (Å²) < 4.78 is 5.50. The van der Waals surface area contributed by atoms with E-state index >= 15 is 0 Å². The second-order valence-corrected chi connectivity index (χ2v) is 8.04. The van der Waals surface area contributed by atoms with Crippen LogP contribution in [0.3, 0.4) is 0 Å². The van der Waals surface area contributed by atoms with Gasteiger partial charge in [-0.15, -0.1) is 0 Å². The first kappa shape index (κ1) is 20.9. The first-order valence-electron chi connectivity index (χ1n) is 10.8. The number of unbranched alkanes of at least 4 members (excludes halogenated alkanes) is 7. The summed E-state index contributed by atoms with van der Waals surface area (Å²) in [6.07, 6.45) is 18.4. The quantitative estimate of drug-likeness (QED) is 0.329. The lowest BCUT2D eigenvalue weighted by atomic mass is 9.80. The van der Waals surface area contributed by atoms with Crippen molar-refractivity contribution in [3.63, 3.8) is 0 Å². The lowest BCUT2D eigenvalue weighted by Gasteiger charge is -2.27. The molecule has 0 amide bonds. The van der Waals surface area contributed by atoms with E-state index in [0.717, 1.165) is 24.5 Å². The third-order valence-electron chi connectivity index (χ3n) is 5.75. The molecule has 26 heavy (non-hydrogen) atoms. The second-order valence-electron chi connectivity index (χ2n) is 8.04. The molecule has 1 aliphatic rings. The van der Waals surface area contributed by atoms with Crippen molar-refractivity contribution in [3.05, 3.63) is 24.0 Å². The van der Waals surface area contributed by atoms with Crippen LogP contribution < -0.4 is 4.74 Å². The molecule has 2 rings (SSSR count). The number of ether oxygens (including phenoxy) is 1. The summed E-state index contributed by atoms with van der Waals surface area (Å²) >= 11 is 0. The van der Waals surface area contributed by atoms with Crippen molar-refractivity contribution in [2.45, 2.75) is 97.3 Å². The highest BCUT2D eigenvalue weighted by molar-refractivity contribution is 5.75. The Labute approximate surface area is 159 Å². The number of pyridine rings is 1. The van der Waals surface area contributed by atoms with Gasteiger partial charge in [0.1, 0.15) is 5.75 Å². The Morgan fingerprint density at radius 2 is 1.65 bits per heavy atom. The zero-order valence-electron chi connectivity index (χ0n) is 16.8. The molecule has 0 aliphatic heterocycles. The van der Waals surface area contributed by atoms with E-state index in [1.165, 1.54) is 70.6 Å². The van der Waals surface area contributed by atoms with Gasteiger partial charge in [-0.1, -0.05) is 64.7 Å². The predicted octanol–water partition coefficient (Wildman–Crippen LogP) is 6.63. The van der Waals surface area contributed by atoms with E-state index in [4.69, 9.17) is 4.74 Å². The lowest BCUT2D eigenvalue weighted by molar-refractivity contribution is -0.140. The third-order valence-corrected chi connectivity index (χ3v) is 5.75. The van der Waals surface area contributed by atoms with Gasteiger partial charge in [-0.05, 0) is 50.7 Å². The Hall–Kier alpha value is -1.38. The van der Waals surface area contributed by atoms with Gasteiger partial charge in [0.15, 0.2) is 0 Å². The Kier molecular flexibility index (Phi) is 9.73. The van der Waals surface area contributed by atoms with Crippen LogP contribution in [0.1, 0.15) is 96.1 Å². The highest BCUT2D eigenvalue weighted by Gasteiger charge is 2.27. The number of aryl methyl sites for hydroxylation is 1. The summed E-state index contributed by atoms with van der Waals surface area (Å²) in [5.41, 5.74) is 0.936. The number of aromatic nitrogens is 1. The molecule has 3 heteroatoms. The van der Waals surface area contributed by atoms with Crippen molar-refractivity contribution in [1.29, 1.82) is 0 Å². The van der Waals surface area contributed by atoms with E-state index < -0.39 is 0 Å². The van der Waals surface area contributed by atoms with Crippen LogP contribution in [0, 0.1) is 18.8 Å². The van der Waals surface area contributed by atoms with E-state index in [1.807, 2.05) is 19.1 Å². The molecule has 0 bridgehead atoms. The summed E-state index contributed by atoms with van der Waals surface area (Å²) in [5.74, 6) is 1.40. The molecular formula is C23H37NO2. The van der Waals surface area contributed by atoms with Gasteiger partial charge in [-0.2, -0.15) is 0 Å². The van der Waals surface area contributed by atoms with E-state index in [2.05, 4.69) is 11.9 Å². The van der Waals surface area contributed by atoms with E-state index in [0.29, 0.717) is 5.75 Å². The number of hydrogen-bond acceptors (Lipinski definition) is 3. The van der Waals surface area contributed by atoms with Gasteiger partial charge in [0.2, 0.25) is 0 Å². The average Bonchev–Trinajstić information content (AvgIpc) is 2.66. The number of nitrogens with zero attached hydrogens (tertiary/aromatic N) is 1. The highest BCUT2D eigenvalue weighted by atomic mass is 16.5. The second kappa shape index (κ2) is 12.1. The molecule has 1 fully saturated rings. The van der Waals surface area contributed by atoms with Crippen LogP contribution in [-0.2, 0) is 4.79 Å². The zero-order valence-corrected chi connectivity index (χ0v) is 16.8. The summed E-state index contributed by atoms with van der Waals surface area (Å²) in [6.45, 7) is 4.20. The average molecular weight is 360 g/mol. The fourth-order valence-corrected chi connectivity index (χ4v) is 3.97.